The fraction of sp³-hybridized carbons (Fsp3) is 0.400. The Morgan fingerprint density at radius 1 is 1.43 bits per heavy atom. The van der Waals surface area contributed by atoms with Crippen molar-refractivity contribution in [2.45, 2.75) is 33.1 Å². The summed E-state index contributed by atoms with van der Waals surface area (Å²) in [5, 5.41) is 0.795. The van der Waals surface area contributed by atoms with E-state index in [0.717, 1.165) is 29.4 Å². The van der Waals surface area contributed by atoms with Crippen molar-refractivity contribution < 1.29 is 19.1 Å². The van der Waals surface area contributed by atoms with Crippen LogP contribution in [0.1, 0.15) is 41.4 Å². The number of hydrogen-bond donors (Lipinski definition) is 1. The number of rotatable bonds is 2. The van der Waals surface area contributed by atoms with Gasteiger partial charge in [0.15, 0.2) is 5.78 Å². The van der Waals surface area contributed by atoms with Gasteiger partial charge in [0.05, 0.1) is 18.3 Å². The molecule has 0 aliphatic heterocycles. The average molecular weight is 288 g/mol. The van der Waals surface area contributed by atoms with Crippen molar-refractivity contribution in [2.24, 2.45) is 0 Å². The lowest BCUT2D eigenvalue weighted by molar-refractivity contribution is 0.0973. The molecule has 2 aromatic rings. The summed E-state index contributed by atoms with van der Waals surface area (Å²) in [5.74, 6) is 0.306. The Labute approximate surface area is 121 Å². The molecule has 0 radical (unpaired) electrons. The first-order chi connectivity index (χ1) is 10.1. The number of ether oxygens (including phenoxy) is 2. The van der Waals surface area contributed by atoms with Gasteiger partial charge in [-0.15, -0.1) is 0 Å². The topological polar surface area (TPSA) is 81.3 Å². The fourth-order valence-corrected chi connectivity index (χ4v) is 2.76. The maximum absolute atomic E-state index is 12.2. The molecular formula is C15H16N2O4. The normalized spacial score (nSPS) is 14.1. The van der Waals surface area contributed by atoms with E-state index >= 15 is 0 Å². The van der Waals surface area contributed by atoms with E-state index in [1.807, 2.05) is 0 Å². The number of nitrogens with one attached hydrogen (secondary N) is 1. The van der Waals surface area contributed by atoms with E-state index in [9.17, 15) is 9.59 Å². The van der Waals surface area contributed by atoms with E-state index in [0.29, 0.717) is 17.5 Å². The van der Waals surface area contributed by atoms with Crippen molar-refractivity contribution in [1.29, 1.82) is 0 Å². The molecule has 0 bridgehead atoms. The molecule has 0 saturated heterocycles. The van der Waals surface area contributed by atoms with Gasteiger partial charge in [0, 0.05) is 28.6 Å². The van der Waals surface area contributed by atoms with Gasteiger partial charge in [-0.3, -0.25) is 4.79 Å². The molecule has 0 fully saturated rings. The highest BCUT2D eigenvalue weighted by molar-refractivity contribution is 6.11. The second-order valence-corrected chi connectivity index (χ2v) is 5.02. The number of Topliss-reactive ketones (excluding diaryl/α,β-unsaturated/α-hetero) is 1. The zero-order valence-corrected chi connectivity index (χ0v) is 12.0. The molecule has 0 spiro atoms. The third-order valence-electron chi connectivity index (χ3n) is 3.67. The van der Waals surface area contributed by atoms with Crippen LogP contribution in [-0.2, 0) is 11.2 Å². The van der Waals surface area contributed by atoms with Crippen LogP contribution in [-0.4, -0.2) is 28.5 Å². The molecule has 6 nitrogen and oxygen atoms in total. The minimum absolute atomic E-state index is 0.124. The number of aromatic nitrogens is 2. The lowest BCUT2D eigenvalue weighted by atomic mass is 9.93. The minimum Gasteiger partial charge on any atom is -0.434 e. The Morgan fingerprint density at radius 3 is 3.00 bits per heavy atom. The van der Waals surface area contributed by atoms with Gasteiger partial charge in [0.2, 0.25) is 5.88 Å². The first-order valence-electron chi connectivity index (χ1n) is 6.99. The smallest absolute Gasteiger partial charge is 0.434 e. The number of nitrogens with zero attached hydrogens (tertiary/aromatic N) is 1. The number of carbonyl (C=O) groups is 2. The highest BCUT2D eigenvalue weighted by Gasteiger charge is 2.25. The summed E-state index contributed by atoms with van der Waals surface area (Å²) in [7, 11) is 0. The van der Waals surface area contributed by atoms with Crippen molar-refractivity contribution in [2.75, 3.05) is 6.61 Å². The number of hydrogen-bond acceptors (Lipinski definition) is 5. The summed E-state index contributed by atoms with van der Waals surface area (Å²) in [6.45, 7) is 3.73. The zero-order valence-electron chi connectivity index (χ0n) is 12.0. The maximum atomic E-state index is 12.2. The summed E-state index contributed by atoms with van der Waals surface area (Å²) in [6, 6.07) is 0. The van der Waals surface area contributed by atoms with Gasteiger partial charge in [-0.1, -0.05) is 0 Å². The first kappa shape index (κ1) is 13.6. The van der Waals surface area contributed by atoms with Crippen molar-refractivity contribution in [3.63, 3.8) is 0 Å². The predicted molar refractivity (Wildman–Crippen MR) is 75.7 cm³/mol. The standard InChI is InChI=1S/C15H16N2O4/c1-3-20-15(19)21-14-8(2)12-10(7-16-14)17-9-5-4-6-11(18)13(9)12/h7,17H,3-6H2,1-2H3. The van der Waals surface area contributed by atoms with E-state index in [1.54, 1.807) is 20.0 Å². The van der Waals surface area contributed by atoms with Gasteiger partial charge >= 0.3 is 6.16 Å². The number of carbonyl (C=O) groups excluding carboxylic acids is 2. The minimum atomic E-state index is -0.789. The highest BCUT2D eigenvalue weighted by atomic mass is 16.7. The Hall–Kier alpha value is -2.37. The molecule has 2 aromatic heterocycles. The highest BCUT2D eigenvalue weighted by Crippen LogP contribution is 2.33. The van der Waals surface area contributed by atoms with E-state index in [-0.39, 0.29) is 18.3 Å². The molecule has 21 heavy (non-hydrogen) atoms. The van der Waals surface area contributed by atoms with E-state index in [4.69, 9.17) is 9.47 Å². The van der Waals surface area contributed by atoms with Crippen LogP contribution in [0.5, 0.6) is 5.88 Å². The summed E-state index contributed by atoms with van der Waals surface area (Å²) >= 11 is 0. The number of aromatic amines is 1. The van der Waals surface area contributed by atoms with Crippen molar-refractivity contribution in [3.05, 3.63) is 23.0 Å². The molecule has 6 heteroatoms. The van der Waals surface area contributed by atoms with Crippen LogP contribution >= 0.6 is 0 Å². The molecule has 0 aromatic carbocycles. The third kappa shape index (κ3) is 2.26. The fourth-order valence-electron chi connectivity index (χ4n) is 2.76. The molecule has 3 rings (SSSR count). The molecule has 2 heterocycles. The summed E-state index contributed by atoms with van der Waals surface area (Å²) in [6.07, 6.45) is 3.06. The second kappa shape index (κ2) is 5.20. The molecule has 0 amide bonds. The number of pyridine rings is 1. The molecule has 1 N–H and O–H groups in total. The average Bonchev–Trinajstić information content (AvgIpc) is 2.83. The van der Waals surface area contributed by atoms with E-state index < -0.39 is 6.16 Å². The van der Waals surface area contributed by atoms with Crippen LogP contribution in [0, 0.1) is 6.92 Å². The van der Waals surface area contributed by atoms with E-state index in [2.05, 4.69) is 9.97 Å². The Balaban J connectivity index is 2.09. The van der Waals surface area contributed by atoms with Gasteiger partial charge in [-0.25, -0.2) is 9.78 Å². The van der Waals surface area contributed by atoms with Crippen molar-refractivity contribution in [1.82, 2.24) is 9.97 Å². The van der Waals surface area contributed by atoms with E-state index in [1.165, 1.54) is 0 Å². The van der Waals surface area contributed by atoms with Crippen LogP contribution in [0.4, 0.5) is 4.79 Å². The van der Waals surface area contributed by atoms with Gasteiger partial charge < -0.3 is 14.5 Å². The third-order valence-corrected chi connectivity index (χ3v) is 3.67. The molecular weight excluding hydrogens is 272 g/mol. The van der Waals surface area contributed by atoms with Gasteiger partial charge in [0.25, 0.3) is 0 Å². The second-order valence-electron chi connectivity index (χ2n) is 5.02. The summed E-state index contributed by atoms with van der Waals surface area (Å²) < 4.78 is 9.84. The number of aryl methyl sites for hydroxylation is 2. The van der Waals surface area contributed by atoms with Crippen LogP contribution < -0.4 is 4.74 Å². The maximum Gasteiger partial charge on any atom is 0.515 e. The van der Waals surface area contributed by atoms with Crippen molar-refractivity contribution in [3.8, 4) is 5.88 Å². The number of ketones is 1. The Kier molecular flexibility index (Phi) is 3.37. The van der Waals surface area contributed by atoms with Crippen molar-refractivity contribution >= 4 is 22.8 Å². The molecule has 0 unspecified atom stereocenters. The van der Waals surface area contributed by atoms with Gasteiger partial charge in [-0.2, -0.15) is 0 Å². The SMILES string of the molecule is CCOC(=O)Oc1ncc2[nH]c3c(c2c1C)C(=O)CCC3. The lowest BCUT2D eigenvalue weighted by Gasteiger charge is -2.11. The largest absolute Gasteiger partial charge is 0.515 e. The number of H-pyrrole nitrogens is 1. The van der Waals surface area contributed by atoms with Crippen LogP contribution in [0.15, 0.2) is 6.20 Å². The molecule has 1 aliphatic rings. The van der Waals surface area contributed by atoms with Gasteiger partial charge in [0.1, 0.15) is 0 Å². The summed E-state index contributed by atoms with van der Waals surface area (Å²) in [4.78, 5) is 31.0. The Bertz CT molecular complexity index is 733. The Morgan fingerprint density at radius 2 is 2.24 bits per heavy atom. The first-order valence-corrected chi connectivity index (χ1v) is 6.99. The van der Waals surface area contributed by atoms with Crippen LogP contribution in [0.2, 0.25) is 0 Å². The number of fused-ring (bicyclic) bond motifs is 3. The quantitative estimate of drug-likeness (QED) is 0.859. The zero-order chi connectivity index (χ0) is 15.0. The molecule has 1 aliphatic carbocycles. The summed E-state index contributed by atoms with van der Waals surface area (Å²) in [5.41, 5.74) is 3.13. The van der Waals surface area contributed by atoms with Gasteiger partial charge in [-0.05, 0) is 26.7 Å². The molecule has 0 saturated carbocycles. The monoisotopic (exact) mass is 288 g/mol. The van der Waals surface area contributed by atoms with Crippen LogP contribution in [0.25, 0.3) is 10.9 Å². The molecule has 0 atom stereocenters. The molecule has 110 valence electrons. The van der Waals surface area contributed by atoms with Crippen LogP contribution in [0.3, 0.4) is 0 Å². The predicted octanol–water partition coefficient (Wildman–Crippen LogP) is 2.93. The lowest BCUT2D eigenvalue weighted by Crippen LogP contribution is -2.12.